The number of hydrogen-bond donors (Lipinski definition) is 0. The molecule has 0 radical (unpaired) electrons. The minimum absolute atomic E-state index is 0.0217. The van der Waals surface area contributed by atoms with E-state index in [0.29, 0.717) is 5.75 Å². The van der Waals surface area contributed by atoms with Crippen molar-refractivity contribution >= 4 is 0 Å². The highest BCUT2D eigenvalue weighted by molar-refractivity contribution is 5.36. The van der Waals surface area contributed by atoms with E-state index in [1.54, 1.807) is 0 Å². The van der Waals surface area contributed by atoms with Crippen molar-refractivity contribution in [3.05, 3.63) is 64.7 Å². The Kier molecular flexibility index (Phi) is 3.60. The molecule has 3 heteroatoms. The van der Waals surface area contributed by atoms with Gasteiger partial charge in [-0.2, -0.15) is 0 Å². The van der Waals surface area contributed by atoms with Crippen LogP contribution in [0.25, 0.3) is 0 Å². The molecular formula is C15H14F2O. The van der Waals surface area contributed by atoms with E-state index >= 15 is 0 Å². The Morgan fingerprint density at radius 2 is 1.83 bits per heavy atom. The van der Waals surface area contributed by atoms with Crippen molar-refractivity contribution < 1.29 is 13.5 Å². The molecule has 0 amide bonds. The molecule has 0 saturated carbocycles. The van der Waals surface area contributed by atoms with Crippen LogP contribution in [0.5, 0.6) is 5.75 Å². The molecule has 0 atom stereocenters. The molecule has 1 nitrogen and oxygen atoms in total. The van der Waals surface area contributed by atoms with Gasteiger partial charge in [0.15, 0.2) is 11.6 Å². The van der Waals surface area contributed by atoms with Crippen molar-refractivity contribution in [1.82, 2.24) is 0 Å². The molecule has 0 aliphatic rings. The van der Waals surface area contributed by atoms with Gasteiger partial charge < -0.3 is 4.74 Å². The standard InChI is InChI=1S/C15H14F2O/c1-10-6-7-11(2)14(8-10)18-9-12-4-3-5-13(16)15(12)17/h3-8H,9H2,1-2H3. The zero-order chi connectivity index (χ0) is 13.1. The number of halogens is 2. The molecule has 18 heavy (non-hydrogen) atoms. The molecule has 94 valence electrons. The lowest BCUT2D eigenvalue weighted by atomic mass is 10.1. The molecule has 0 N–H and O–H groups in total. The Bertz CT molecular complexity index is 562. The normalized spacial score (nSPS) is 10.4. The first-order valence-electron chi connectivity index (χ1n) is 5.71. The molecule has 0 saturated heterocycles. The third-order valence-electron chi connectivity index (χ3n) is 2.76. The van der Waals surface area contributed by atoms with E-state index < -0.39 is 11.6 Å². The van der Waals surface area contributed by atoms with Gasteiger partial charge in [0.2, 0.25) is 0 Å². The van der Waals surface area contributed by atoms with E-state index in [1.165, 1.54) is 12.1 Å². The van der Waals surface area contributed by atoms with Crippen molar-refractivity contribution in [2.24, 2.45) is 0 Å². The number of hydrogen-bond acceptors (Lipinski definition) is 1. The molecule has 0 unspecified atom stereocenters. The summed E-state index contributed by atoms with van der Waals surface area (Å²) in [7, 11) is 0. The van der Waals surface area contributed by atoms with Gasteiger partial charge in [-0.05, 0) is 37.1 Å². The van der Waals surface area contributed by atoms with Crippen LogP contribution in [0, 0.1) is 25.5 Å². The SMILES string of the molecule is Cc1ccc(C)c(OCc2cccc(F)c2F)c1. The van der Waals surface area contributed by atoms with Crippen LogP contribution in [0.1, 0.15) is 16.7 Å². The summed E-state index contributed by atoms with van der Waals surface area (Å²) < 4.78 is 32.0. The van der Waals surface area contributed by atoms with Crippen LogP contribution in [0.15, 0.2) is 36.4 Å². The first kappa shape index (κ1) is 12.6. The predicted octanol–water partition coefficient (Wildman–Crippen LogP) is 4.16. The van der Waals surface area contributed by atoms with Gasteiger partial charge in [0.1, 0.15) is 12.4 Å². The molecular weight excluding hydrogens is 234 g/mol. The van der Waals surface area contributed by atoms with Crippen LogP contribution < -0.4 is 4.74 Å². The van der Waals surface area contributed by atoms with Crippen molar-refractivity contribution in [3.8, 4) is 5.75 Å². The van der Waals surface area contributed by atoms with Gasteiger partial charge in [-0.25, -0.2) is 8.78 Å². The van der Waals surface area contributed by atoms with E-state index in [-0.39, 0.29) is 12.2 Å². The maximum atomic E-state index is 13.4. The highest BCUT2D eigenvalue weighted by Gasteiger charge is 2.08. The Morgan fingerprint density at radius 3 is 2.61 bits per heavy atom. The molecule has 2 rings (SSSR count). The maximum Gasteiger partial charge on any atom is 0.165 e. The lowest BCUT2D eigenvalue weighted by molar-refractivity contribution is 0.295. The largest absolute Gasteiger partial charge is 0.489 e. The number of ether oxygens (including phenoxy) is 1. The minimum atomic E-state index is -0.850. The Morgan fingerprint density at radius 1 is 1.06 bits per heavy atom. The van der Waals surface area contributed by atoms with E-state index in [1.807, 2.05) is 32.0 Å². The number of aryl methyl sites for hydroxylation is 2. The zero-order valence-electron chi connectivity index (χ0n) is 10.3. The van der Waals surface area contributed by atoms with Crippen LogP contribution in [0.4, 0.5) is 8.78 Å². The van der Waals surface area contributed by atoms with Crippen LogP contribution in [-0.4, -0.2) is 0 Å². The van der Waals surface area contributed by atoms with Gasteiger partial charge in [-0.1, -0.05) is 24.3 Å². The fourth-order valence-electron chi connectivity index (χ4n) is 1.68. The fourth-order valence-corrected chi connectivity index (χ4v) is 1.68. The van der Waals surface area contributed by atoms with Gasteiger partial charge in [0.25, 0.3) is 0 Å². The Hall–Kier alpha value is -1.90. The monoisotopic (exact) mass is 248 g/mol. The molecule has 0 aliphatic carbocycles. The second kappa shape index (κ2) is 5.17. The summed E-state index contributed by atoms with van der Waals surface area (Å²) >= 11 is 0. The highest BCUT2D eigenvalue weighted by Crippen LogP contribution is 2.21. The topological polar surface area (TPSA) is 9.23 Å². The zero-order valence-corrected chi connectivity index (χ0v) is 10.3. The summed E-state index contributed by atoms with van der Waals surface area (Å²) in [5, 5.41) is 0. The van der Waals surface area contributed by atoms with Crippen molar-refractivity contribution in [3.63, 3.8) is 0 Å². The lowest BCUT2D eigenvalue weighted by Crippen LogP contribution is -2.01. The molecule has 0 aliphatic heterocycles. The fraction of sp³-hybridized carbons (Fsp3) is 0.200. The quantitative estimate of drug-likeness (QED) is 0.792. The first-order valence-corrected chi connectivity index (χ1v) is 5.71. The summed E-state index contributed by atoms with van der Waals surface area (Å²) in [5.41, 5.74) is 2.25. The van der Waals surface area contributed by atoms with Crippen molar-refractivity contribution in [2.75, 3.05) is 0 Å². The molecule has 0 fully saturated rings. The van der Waals surface area contributed by atoms with E-state index in [2.05, 4.69) is 0 Å². The lowest BCUT2D eigenvalue weighted by Gasteiger charge is -2.10. The summed E-state index contributed by atoms with van der Waals surface area (Å²) in [4.78, 5) is 0. The highest BCUT2D eigenvalue weighted by atomic mass is 19.2. The number of benzene rings is 2. The smallest absolute Gasteiger partial charge is 0.165 e. The second-order valence-electron chi connectivity index (χ2n) is 4.27. The Balaban J connectivity index is 2.16. The first-order chi connectivity index (χ1) is 8.58. The van der Waals surface area contributed by atoms with Gasteiger partial charge in [0.05, 0.1) is 0 Å². The second-order valence-corrected chi connectivity index (χ2v) is 4.27. The summed E-state index contributed by atoms with van der Waals surface area (Å²) in [6.45, 7) is 3.89. The summed E-state index contributed by atoms with van der Waals surface area (Å²) in [6.07, 6.45) is 0. The van der Waals surface area contributed by atoms with Gasteiger partial charge >= 0.3 is 0 Å². The average Bonchev–Trinajstić information content (AvgIpc) is 2.35. The van der Waals surface area contributed by atoms with Crippen LogP contribution in [0.2, 0.25) is 0 Å². The summed E-state index contributed by atoms with van der Waals surface area (Å²) in [6, 6.07) is 9.88. The van der Waals surface area contributed by atoms with Gasteiger partial charge in [0, 0.05) is 5.56 Å². The molecule has 2 aromatic rings. The molecule has 2 aromatic carbocycles. The van der Waals surface area contributed by atoms with E-state index in [9.17, 15) is 8.78 Å². The average molecular weight is 248 g/mol. The van der Waals surface area contributed by atoms with Crippen molar-refractivity contribution in [1.29, 1.82) is 0 Å². The van der Waals surface area contributed by atoms with Crippen molar-refractivity contribution in [2.45, 2.75) is 20.5 Å². The van der Waals surface area contributed by atoms with E-state index in [0.717, 1.165) is 17.2 Å². The number of rotatable bonds is 3. The predicted molar refractivity (Wildman–Crippen MR) is 66.6 cm³/mol. The molecule has 0 bridgehead atoms. The Labute approximate surface area is 105 Å². The summed E-state index contributed by atoms with van der Waals surface area (Å²) in [5.74, 6) is -1.00. The van der Waals surface area contributed by atoms with Crippen LogP contribution in [-0.2, 0) is 6.61 Å². The van der Waals surface area contributed by atoms with Crippen LogP contribution >= 0.6 is 0 Å². The van der Waals surface area contributed by atoms with Gasteiger partial charge in [-0.3, -0.25) is 0 Å². The van der Waals surface area contributed by atoms with Crippen LogP contribution in [0.3, 0.4) is 0 Å². The van der Waals surface area contributed by atoms with E-state index in [4.69, 9.17) is 4.74 Å². The maximum absolute atomic E-state index is 13.4. The molecule has 0 aromatic heterocycles. The van der Waals surface area contributed by atoms with Gasteiger partial charge in [-0.15, -0.1) is 0 Å². The minimum Gasteiger partial charge on any atom is -0.489 e. The molecule has 0 spiro atoms. The molecule has 0 heterocycles. The third-order valence-corrected chi connectivity index (χ3v) is 2.76. The third kappa shape index (κ3) is 2.67.